The number of ether oxygens (including phenoxy) is 1. The largest absolute Gasteiger partial charge is 0.466 e. The van der Waals surface area contributed by atoms with Crippen molar-refractivity contribution < 1.29 is 14.6 Å². The van der Waals surface area contributed by atoms with Gasteiger partial charge in [-0.1, -0.05) is 87.5 Å². The van der Waals surface area contributed by atoms with E-state index in [1.165, 1.54) is 79.2 Å². The van der Waals surface area contributed by atoms with Crippen molar-refractivity contribution in [3.8, 4) is 0 Å². The molecule has 4 rings (SSSR count). The summed E-state index contributed by atoms with van der Waals surface area (Å²) in [5.74, 6) is 3.91. The van der Waals surface area contributed by atoms with Gasteiger partial charge in [0.1, 0.15) is 15.5 Å². The Hall–Kier alpha value is -2.31. The van der Waals surface area contributed by atoms with Crippen molar-refractivity contribution >= 4 is 64.5 Å². The summed E-state index contributed by atoms with van der Waals surface area (Å²) in [6.45, 7) is 6.60. The number of carbonyl (C=O) groups excluding carboxylic acids is 1. The van der Waals surface area contributed by atoms with Gasteiger partial charge in [-0.2, -0.15) is 0 Å². The van der Waals surface area contributed by atoms with Crippen LogP contribution in [-0.4, -0.2) is 55.7 Å². The number of carbonyl (C=O) groups is 1. The van der Waals surface area contributed by atoms with Crippen molar-refractivity contribution in [3.63, 3.8) is 0 Å². The van der Waals surface area contributed by atoms with E-state index >= 15 is 0 Å². The number of benzene rings is 1. The fourth-order valence-electron chi connectivity index (χ4n) is 5.12. The van der Waals surface area contributed by atoms with Crippen molar-refractivity contribution in [3.05, 3.63) is 70.4 Å². The van der Waals surface area contributed by atoms with Crippen LogP contribution in [0.25, 0.3) is 11.0 Å². The number of fused-ring (bicyclic) bond motifs is 1. The number of aromatic nitrogens is 4. The molecule has 0 aliphatic rings. The van der Waals surface area contributed by atoms with Crippen LogP contribution in [0.1, 0.15) is 101 Å². The number of nitrogens with zero attached hydrogens (tertiary/aromatic N) is 2. The van der Waals surface area contributed by atoms with Crippen LogP contribution < -0.4 is 0 Å². The summed E-state index contributed by atoms with van der Waals surface area (Å²) in [7, 11) is 0. The number of para-hydroxylation sites is 2. The normalized spacial score (nSPS) is 11.0. The molecular formula is C38H54N4O3S4. The first-order valence-corrected chi connectivity index (χ1v) is 21.0. The van der Waals surface area contributed by atoms with E-state index in [4.69, 9.17) is 22.1 Å². The fraction of sp³-hybridized carbons (Fsp3) is 0.526. The van der Waals surface area contributed by atoms with Crippen LogP contribution in [0.5, 0.6) is 0 Å². The summed E-state index contributed by atoms with van der Waals surface area (Å²) in [6, 6.07) is 12.4. The monoisotopic (exact) mass is 742 g/mol. The van der Waals surface area contributed by atoms with Crippen LogP contribution in [-0.2, 0) is 15.3 Å². The molecule has 4 aromatic rings. The van der Waals surface area contributed by atoms with Crippen LogP contribution in [0.2, 0.25) is 0 Å². The third-order valence-corrected chi connectivity index (χ3v) is 12.0. The molecule has 0 unspecified atom stereocenters. The maximum atomic E-state index is 10.6. The second kappa shape index (κ2) is 24.8. The Morgan fingerprint density at radius 2 is 1.45 bits per heavy atom. The molecule has 268 valence electrons. The van der Waals surface area contributed by atoms with Crippen molar-refractivity contribution in [2.75, 3.05) is 24.7 Å². The number of pyridine rings is 2. The summed E-state index contributed by atoms with van der Waals surface area (Å²) in [6.07, 6.45) is 18.1. The van der Waals surface area contributed by atoms with E-state index in [9.17, 15) is 4.79 Å². The lowest BCUT2D eigenvalue weighted by molar-refractivity contribution is -0.141. The highest BCUT2D eigenvalue weighted by Gasteiger charge is 2.09. The molecular weight excluding hydrogens is 689 g/mol. The highest BCUT2D eigenvalue weighted by molar-refractivity contribution is 8.00. The van der Waals surface area contributed by atoms with Gasteiger partial charge in [0.2, 0.25) is 0 Å². The lowest BCUT2D eigenvalue weighted by Gasteiger charge is -2.09. The molecule has 0 saturated carbocycles. The number of aliphatic hydroxyl groups excluding tert-OH is 1. The Balaban J connectivity index is 0.000000278. The number of aliphatic hydroxyl groups is 1. The third kappa shape index (κ3) is 16.5. The summed E-state index contributed by atoms with van der Waals surface area (Å²) < 4.78 is 5.74. The number of H-pyrrole nitrogens is 2. The van der Waals surface area contributed by atoms with E-state index in [1.54, 1.807) is 11.8 Å². The lowest BCUT2D eigenvalue weighted by atomic mass is 10.1. The van der Waals surface area contributed by atoms with Gasteiger partial charge in [-0.05, 0) is 86.4 Å². The molecule has 0 saturated heterocycles. The molecule has 11 heteroatoms. The molecule has 7 nitrogen and oxygen atoms in total. The second-order valence-corrected chi connectivity index (χ2v) is 15.7. The van der Waals surface area contributed by atoms with E-state index in [2.05, 4.69) is 52.0 Å². The van der Waals surface area contributed by atoms with Gasteiger partial charge in [-0.25, -0.2) is 9.97 Å². The van der Waals surface area contributed by atoms with Gasteiger partial charge in [0, 0.05) is 35.7 Å². The minimum absolute atomic E-state index is 0.178. The maximum absolute atomic E-state index is 10.6. The molecule has 0 radical (unpaired) electrons. The van der Waals surface area contributed by atoms with E-state index in [0.717, 1.165) is 69.5 Å². The first-order valence-electron chi connectivity index (χ1n) is 17.6. The van der Waals surface area contributed by atoms with Gasteiger partial charge in [-0.15, -0.1) is 23.5 Å². The number of aromatic amines is 2. The first-order chi connectivity index (χ1) is 23.9. The minimum Gasteiger partial charge on any atom is -0.466 e. The average Bonchev–Trinajstić information content (AvgIpc) is 3.52. The van der Waals surface area contributed by atoms with Crippen LogP contribution in [0.3, 0.4) is 0 Å². The van der Waals surface area contributed by atoms with Crippen LogP contribution in [0, 0.1) is 18.5 Å². The summed E-state index contributed by atoms with van der Waals surface area (Å²) in [4.78, 5) is 28.9. The molecule has 0 bridgehead atoms. The van der Waals surface area contributed by atoms with Gasteiger partial charge in [0.05, 0.1) is 23.4 Å². The zero-order valence-corrected chi connectivity index (χ0v) is 32.7. The van der Waals surface area contributed by atoms with Crippen molar-refractivity contribution in [2.24, 2.45) is 0 Å². The second-order valence-electron chi connectivity index (χ2n) is 12.0. The molecule has 3 heterocycles. The Kier molecular flexibility index (Phi) is 20.8. The summed E-state index contributed by atoms with van der Waals surface area (Å²) in [5.41, 5.74) is 4.56. The Morgan fingerprint density at radius 3 is 2.12 bits per heavy atom. The summed E-state index contributed by atoms with van der Waals surface area (Å²) in [5, 5.41) is 9.89. The van der Waals surface area contributed by atoms with Crippen LogP contribution >= 0.6 is 47.5 Å². The van der Waals surface area contributed by atoms with Crippen LogP contribution in [0.15, 0.2) is 63.6 Å². The quantitative estimate of drug-likeness (QED) is 0.0314. The third-order valence-electron chi connectivity index (χ3n) is 7.96. The van der Waals surface area contributed by atoms with Gasteiger partial charge in [0.15, 0.2) is 0 Å². The smallest absolute Gasteiger partial charge is 0.302 e. The Labute approximate surface area is 311 Å². The number of hydrogen-bond acceptors (Lipinski definition) is 9. The highest BCUT2D eigenvalue weighted by atomic mass is 32.2. The maximum Gasteiger partial charge on any atom is 0.302 e. The van der Waals surface area contributed by atoms with E-state index in [0.29, 0.717) is 13.2 Å². The zero-order chi connectivity index (χ0) is 35.1. The number of nitrogens with one attached hydrogen (secondary N) is 2. The Bertz CT molecular complexity index is 1540. The molecule has 0 fully saturated rings. The van der Waals surface area contributed by atoms with Crippen LogP contribution in [0.4, 0.5) is 0 Å². The summed E-state index contributed by atoms with van der Waals surface area (Å²) >= 11 is 10.8. The number of thioether (sulfide) groups is 3. The number of esters is 1. The zero-order valence-electron chi connectivity index (χ0n) is 29.4. The van der Waals surface area contributed by atoms with E-state index in [-0.39, 0.29) is 5.97 Å². The predicted molar refractivity (Wildman–Crippen MR) is 212 cm³/mol. The average molecular weight is 743 g/mol. The van der Waals surface area contributed by atoms with Gasteiger partial charge in [0.25, 0.3) is 0 Å². The predicted octanol–water partition coefficient (Wildman–Crippen LogP) is 11.0. The van der Waals surface area contributed by atoms with Gasteiger partial charge in [-0.3, -0.25) is 4.79 Å². The topological polar surface area (TPSA) is 104 Å². The number of unbranched alkanes of at least 4 members (excludes halogenated alkanes) is 10. The minimum atomic E-state index is -0.178. The molecule has 0 atom stereocenters. The number of rotatable bonds is 22. The fourth-order valence-corrected chi connectivity index (χ4v) is 8.39. The molecule has 0 spiro atoms. The van der Waals surface area contributed by atoms with E-state index in [1.807, 2.05) is 54.1 Å². The number of imidazole rings is 1. The molecule has 49 heavy (non-hydrogen) atoms. The molecule has 0 amide bonds. The lowest BCUT2D eigenvalue weighted by Crippen LogP contribution is -2.00. The highest BCUT2D eigenvalue weighted by Crippen LogP contribution is 2.31. The number of hydrogen-bond donors (Lipinski definition) is 3. The molecule has 0 aliphatic heterocycles. The molecule has 3 aromatic heterocycles. The van der Waals surface area contributed by atoms with Gasteiger partial charge >= 0.3 is 5.97 Å². The molecule has 0 aliphatic carbocycles. The Morgan fingerprint density at radius 1 is 0.816 bits per heavy atom. The molecule has 1 aromatic carbocycles. The van der Waals surface area contributed by atoms with Crippen molar-refractivity contribution in [2.45, 2.75) is 118 Å². The van der Waals surface area contributed by atoms with Crippen molar-refractivity contribution in [1.29, 1.82) is 0 Å². The van der Waals surface area contributed by atoms with E-state index < -0.39 is 0 Å². The molecule has 3 N–H and O–H groups in total. The SMILES string of the molecule is CC(=O)OCCCCCCCCSc1cc[nH]c(=S)c1C.Cc1c(SCCCCCCCCO)ccnc1SCc1nc2ccccc2[nH]1. The van der Waals surface area contributed by atoms with Gasteiger partial charge < -0.3 is 19.8 Å². The van der Waals surface area contributed by atoms with Crippen molar-refractivity contribution in [1.82, 2.24) is 19.9 Å². The first kappa shape index (κ1) is 41.1. The standard InChI is InChI=1S/C22H29N3OS2.C16H25NO2S2/c1-17-20(27-15-9-5-3-2-4-8-14-26)12-13-23-22(17)28-16-21-24-18-10-6-7-11-19(18)25-21;1-13-15(9-10-17-16(13)20)21-12-8-6-4-3-5-7-11-19-14(2)18/h6-7,10-13,26H,2-5,8-9,14-16H2,1H3,(H,24,25);9-10H,3-8,11-12H2,1-2H3,(H,17,20).